The minimum absolute atomic E-state index is 0.135. The summed E-state index contributed by atoms with van der Waals surface area (Å²) in [4.78, 5) is 25.1. The van der Waals surface area contributed by atoms with Gasteiger partial charge < -0.3 is 11.1 Å². The van der Waals surface area contributed by atoms with Gasteiger partial charge in [0, 0.05) is 0 Å². The zero-order valence-electron chi connectivity index (χ0n) is 6.41. The van der Waals surface area contributed by atoms with Gasteiger partial charge in [-0.05, 0) is 0 Å². The Hall–Kier alpha value is -1.14. The molecule has 0 atom stereocenters. The lowest BCUT2D eigenvalue weighted by Gasteiger charge is -1.94. The van der Waals surface area contributed by atoms with Crippen molar-refractivity contribution in [2.75, 3.05) is 11.2 Å². The van der Waals surface area contributed by atoms with E-state index in [1.807, 2.05) is 0 Å². The van der Waals surface area contributed by atoms with Gasteiger partial charge in [-0.3, -0.25) is 9.59 Å². The molecule has 0 fully saturated rings. The number of amides is 2. The molecule has 0 aliphatic heterocycles. The molecule has 13 heavy (non-hydrogen) atoms. The number of primary amides is 1. The Morgan fingerprint density at radius 1 is 1.69 bits per heavy atom. The topological polar surface area (TPSA) is 85.1 Å². The van der Waals surface area contributed by atoms with Crippen molar-refractivity contribution in [3.63, 3.8) is 0 Å². The van der Waals surface area contributed by atoms with E-state index >= 15 is 0 Å². The summed E-state index contributed by atoms with van der Waals surface area (Å²) >= 11 is 6.26. The van der Waals surface area contributed by atoms with Crippen LogP contribution in [0.2, 0.25) is 0 Å². The first-order chi connectivity index (χ1) is 6.13. The molecule has 0 radical (unpaired) electrons. The summed E-state index contributed by atoms with van der Waals surface area (Å²) in [5, 5.41) is 3.06. The van der Waals surface area contributed by atoms with E-state index in [0.717, 1.165) is 11.3 Å². The maximum atomic E-state index is 10.8. The molecule has 1 heterocycles. The number of alkyl halides is 1. The van der Waals surface area contributed by atoms with E-state index in [2.05, 4.69) is 10.3 Å². The van der Waals surface area contributed by atoms with Crippen LogP contribution >= 0.6 is 22.9 Å². The Bertz CT molecular complexity index is 338. The predicted octanol–water partition coefficient (Wildman–Crippen LogP) is 0.419. The third-order valence-electron chi connectivity index (χ3n) is 1.10. The van der Waals surface area contributed by atoms with Gasteiger partial charge in [-0.15, -0.1) is 11.6 Å². The van der Waals surface area contributed by atoms with Crippen molar-refractivity contribution in [2.45, 2.75) is 0 Å². The van der Waals surface area contributed by atoms with E-state index in [1.165, 1.54) is 6.20 Å². The van der Waals surface area contributed by atoms with Crippen molar-refractivity contribution in [3.05, 3.63) is 11.2 Å². The van der Waals surface area contributed by atoms with Crippen molar-refractivity contribution < 1.29 is 9.59 Å². The standard InChI is InChI=1S/C6H6ClN3O2S/c7-1-3(11)10-4-2-9-6(13-4)5(8)12/h2H,1H2,(H2,8,12)(H,10,11). The zero-order chi connectivity index (χ0) is 9.84. The molecule has 0 aromatic carbocycles. The molecule has 1 rings (SSSR count). The van der Waals surface area contributed by atoms with Crippen LogP contribution in [0.5, 0.6) is 0 Å². The van der Waals surface area contributed by atoms with Crippen LogP contribution in [0.1, 0.15) is 9.80 Å². The molecular formula is C6H6ClN3O2S. The summed E-state index contributed by atoms with van der Waals surface area (Å²) in [6.07, 6.45) is 1.36. The Morgan fingerprint density at radius 3 is 2.85 bits per heavy atom. The van der Waals surface area contributed by atoms with Crippen LogP contribution in [0.4, 0.5) is 5.00 Å². The summed E-state index contributed by atoms with van der Waals surface area (Å²) in [6, 6.07) is 0. The molecule has 1 aromatic rings. The first-order valence-electron chi connectivity index (χ1n) is 3.25. The summed E-state index contributed by atoms with van der Waals surface area (Å²) in [5.41, 5.74) is 4.96. The molecule has 0 bridgehead atoms. The Kier molecular flexibility index (Phi) is 3.21. The van der Waals surface area contributed by atoms with Crippen LogP contribution in [-0.2, 0) is 4.79 Å². The van der Waals surface area contributed by atoms with Crippen LogP contribution in [0, 0.1) is 0 Å². The van der Waals surface area contributed by atoms with E-state index in [-0.39, 0.29) is 16.8 Å². The normalized spacial score (nSPS) is 9.62. The summed E-state index contributed by atoms with van der Waals surface area (Å²) in [6.45, 7) is 0. The number of nitrogens with zero attached hydrogens (tertiary/aromatic N) is 1. The lowest BCUT2D eigenvalue weighted by Crippen LogP contribution is -2.11. The van der Waals surface area contributed by atoms with Gasteiger partial charge in [-0.1, -0.05) is 11.3 Å². The number of rotatable bonds is 3. The number of carbonyl (C=O) groups is 2. The SMILES string of the molecule is NC(=O)c1ncc(NC(=O)CCl)s1. The average Bonchev–Trinajstić information content (AvgIpc) is 2.52. The van der Waals surface area contributed by atoms with E-state index in [9.17, 15) is 9.59 Å². The van der Waals surface area contributed by atoms with Gasteiger partial charge in [-0.25, -0.2) is 4.98 Å². The predicted molar refractivity (Wildman–Crippen MR) is 50.0 cm³/mol. The van der Waals surface area contributed by atoms with Gasteiger partial charge in [0.05, 0.1) is 6.20 Å². The minimum atomic E-state index is -0.614. The molecule has 2 amide bonds. The smallest absolute Gasteiger partial charge is 0.277 e. The fraction of sp³-hybridized carbons (Fsp3) is 0.167. The summed E-state index contributed by atoms with van der Waals surface area (Å²) < 4.78 is 0. The molecule has 0 aliphatic carbocycles. The van der Waals surface area contributed by atoms with Crippen molar-refractivity contribution in [1.29, 1.82) is 0 Å². The highest BCUT2D eigenvalue weighted by Crippen LogP contribution is 2.17. The number of aromatic nitrogens is 1. The van der Waals surface area contributed by atoms with Gasteiger partial charge in [0.1, 0.15) is 10.9 Å². The molecule has 3 N–H and O–H groups in total. The van der Waals surface area contributed by atoms with E-state index < -0.39 is 5.91 Å². The second-order valence-corrected chi connectivity index (χ2v) is 3.37. The lowest BCUT2D eigenvalue weighted by atomic mass is 10.6. The number of nitrogens with one attached hydrogen (secondary N) is 1. The third-order valence-corrected chi connectivity index (χ3v) is 2.27. The molecule has 0 unspecified atom stereocenters. The van der Waals surface area contributed by atoms with Gasteiger partial charge in [0.2, 0.25) is 5.91 Å². The number of carbonyl (C=O) groups excluding carboxylic acids is 2. The van der Waals surface area contributed by atoms with E-state index in [1.54, 1.807) is 0 Å². The van der Waals surface area contributed by atoms with E-state index in [4.69, 9.17) is 17.3 Å². The number of thiazole rings is 1. The maximum Gasteiger partial charge on any atom is 0.277 e. The maximum absolute atomic E-state index is 10.8. The third kappa shape index (κ3) is 2.67. The number of halogens is 1. The van der Waals surface area contributed by atoms with Gasteiger partial charge in [0.15, 0.2) is 5.01 Å². The molecule has 0 saturated heterocycles. The number of hydrogen-bond donors (Lipinski definition) is 2. The second kappa shape index (κ2) is 4.20. The van der Waals surface area contributed by atoms with Crippen molar-refractivity contribution in [2.24, 2.45) is 5.73 Å². The second-order valence-electron chi connectivity index (χ2n) is 2.08. The average molecular weight is 220 g/mol. The highest BCUT2D eigenvalue weighted by atomic mass is 35.5. The van der Waals surface area contributed by atoms with Crippen LogP contribution in [0.15, 0.2) is 6.20 Å². The summed E-state index contributed by atoms with van der Waals surface area (Å²) in [7, 11) is 0. The van der Waals surface area contributed by atoms with Gasteiger partial charge in [0.25, 0.3) is 5.91 Å². The molecular weight excluding hydrogens is 214 g/mol. The van der Waals surface area contributed by atoms with Gasteiger partial charge >= 0.3 is 0 Å². The Morgan fingerprint density at radius 2 is 2.38 bits per heavy atom. The Labute approximate surface area is 82.9 Å². The monoisotopic (exact) mass is 219 g/mol. The zero-order valence-corrected chi connectivity index (χ0v) is 7.98. The highest BCUT2D eigenvalue weighted by Gasteiger charge is 2.08. The molecule has 7 heteroatoms. The fourth-order valence-corrected chi connectivity index (χ4v) is 1.37. The Balaban J connectivity index is 2.69. The molecule has 0 aliphatic rings. The van der Waals surface area contributed by atoms with Crippen molar-refractivity contribution in [3.8, 4) is 0 Å². The number of hydrogen-bond acceptors (Lipinski definition) is 4. The molecule has 70 valence electrons. The van der Waals surface area contributed by atoms with Crippen LogP contribution in [0.25, 0.3) is 0 Å². The van der Waals surface area contributed by atoms with Gasteiger partial charge in [-0.2, -0.15) is 0 Å². The first-order valence-corrected chi connectivity index (χ1v) is 4.60. The molecule has 0 spiro atoms. The van der Waals surface area contributed by atoms with Crippen LogP contribution < -0.4 is 11.1 Å². The lowest BCUT2D eigenvalue weighted by molar-refractivity contribution is -0.113. The van der Waals surface area contributed by atoms with Crippen LogP contribution in [0.3, 0.4) is 0 Å². The first kappa shape index (κ1) is 9.94. The fourth-order valence-electron chi connectivity index (χ4n) is 0.617. The van der Waals surface area contributed by atoms with Crippen LogP contribution in [-0.4, -0.2) is 22.7 Å². The highest BCUT2D eigenvalue weighted by molar-refractivity contribution is 7.17. The summed E-state index contributed by atoms with van der Waals surface area (Å²) in [5.74, 6) is -1.10. The number of anilines is 1. The van der Waals surface area contributed by atoms with Crippen molar-refractivity contribution in [1.82, 2.24) is 4.98 Å². The van der Waals surface area contributed by atoms with Crippen molar-refractivity contribution >= 4 is 39.8 Å². The molecule has 0 saturated carbocycles. The molecule has 5 nitrogen and oxygen atoms in total. The van der Waals surface area contributed by atoms with E-state index in [0.29, 0.717) is 5.00 Å². The quantitative estimate of drug-likeness (QED) is 0.723. The minimum Gasteiger partial charge on any atom is -0.364 e. The molecule has 1 aromatic heterocycles. The number of nitrogens with two attached hydrogens (primary N) is 1. The largest absolute Gasteiger partial charge is 0.364 e.